The highest BCUT2D eigenvalue weighted by Crippen LogP contribution is 2.82. The fraction of sp³-hybridized carbons (Fsp3) is 0.806. The molecule has 7 rings (SSSR count). The van der Waals surface area contributed by atoms with E-state index in [2.05, 4.69) is 13.0 Å². The Morgan fingerprint density at radius 1 is 1.06 bits per heavy atom. The van der Waals surface area contributed by atoms with E-state index in [1.165, 1.54) is 7.11 Å². The molecule has 3 saturated heterocycles. The van der Waals surface area contributed by atoms with Crippen molar-refractivity contribution < 1.29 is 53.0 Å². The number of aldehydes is 1. The van der Waals surface area contributed by atoms with Gasteiger partial charge < -0.3 is 43.4 Å². The van der Waals surface area contributed by atoms with Crippen LogP contribution in [0.3, 0.4) is 0 Å². The Labute approximate surface area is 276 Å². The summed E-state index contributed by atoms with van der Waals surface area (Å²) in [6.45, 7) is 11.6. The van der Waals surface area contributed by atoms with Crippen molar-refractivity contribution in [3.63, 3.8) is 0 Å². The first kappa shape index (κ1) is 33.4. The van der Waals surface area contributed by atoms with Gasteiger partial charge in [0.05, 0.1) is 24.2 Å². The van der Waals surface area contributed by atoms with E-state index in [0.29, 0.717) is 24.3 Å². The maximum absolute atomic E-state index is 13.8. The smallest absolute Gasteiger partial charge is 0.334 e. The molecule has 3 heterocycles. The molecule has 16 atom stereocenters. The summed E-state index contributed by atoms with van der Waals surface area (Å²) >= 11 is 0. The average molecular weight is 659 g/mol. The van der Waals surface area contributed by atoms with Gasteiger partial charge in [-0.25, -0.2) is 4.79 Å². The lowest BCUT2D eigenvalue weighted by molar-refractivity contribution is -0.301. The number of methoxy groups -OCH3 is 1. The first-order chi connectivity index (χ1) is 22.3. The van der Waals surface area contributed by atoms with Crippen LogP contribution in [0.2, 0.25) is 0 Å². The van der Waals surface area contributed by atoms with E-state index in [1.807, 2.05) is 20.8 Å². The van der Waals surface area contributed by atoms with Crippen LogP contribution in [-0.4, -0.2) is 97.3 Å². The number of hydrogen-bond acceptors (Lipinski definition) is 10. The number of epoxide rings is 2. The van der Waals surface area contributed by atoms with E-state index in [1.54, 1.807) is 19.9 Å². The fourth-order valence-electron chi connectivity index (χ4n) is 11.0. The van der Waals surface area contributed by atoms with Gasteiger partial charge >= 0.3 is 11.9 Å². The number of carbonyl (C=O) groups is 3. The molecule has 16 unspecified atom stereocenters. The highest BCUT2D eigenvalue weighted by Gasteiger charge is 2.84. The first-order valence-corrected chi connectivity index (χ1v) is 17.4. The SMILES string of the molecule is COC1OC(C)C(OCC23CC4C(C)CCC4C4(C=O)CC2C=C(C(C)C)C43C(=O)O)C(O)C1OC(=O)C(C)=CC1OC1C1OC1C. The Morgan fingerprint density at radius 2 is 1.79 bits per heavy atom. The van der Waals surface area contributed by atoms with Crippen molar-refractivity contribution >= 4 is 18.2 Å². The molecule has 4 aliphatic carbocycles. The highest BCUT2D eigenvalue weighted by atomic mass is 16.7. The second kappa shape index (κ2) is 11.5. The van der Waals surface area contributed by atoms with Crippen LogP contribution >= 0.6 is 0 Å². The van der Waals surface area contributed by atoms with Crippen molar-refractivity contribution in [3.05, 3.63) is 23.3 Å². The fourth-order valence-corrected chi connectivity index (χ4v) is 11.0. The lowest BCUT2D eigenvalue weighted by Crippen LogP contribution is -2.64. The molecule has 0 aromatic carbocycles. The van der Waals surface area contributed by atoms with Crippen molar-refractivity contribution in [1.29, 1.82) is 0 Å². The summed E-state index contributed by atoms with van der Waals surface area (Å²) in [5.41, 5.74) is -2.13. The molecule has 3 aliphatic heterocycles. The number of esters is 1. The maximum Gasteiger partial charge on any atom is 0.334 e. The van der Waals surface area contributed by atoms with Gasteiger partial charge in [0.25, 0.3) is 0 Å². The molecule has 11 nitrogen and oxygen atoms in total. The van der Waals surface area contributed by atoms with Crippen molar-refractivity contribution in [3.8, 4) is 0 Å². The number of carboxylic acid groups (broad SMARTS) is 1. The summed E-state index contributed by atoms with van der Waals surface area (Å²) < 4.78 is 35.1. The number of aliphatic hydroxyl groups is 1. The molecule has 0 amide bonds. The Balaban J connectivity index is 1.15. The molecule has 0 spiro atoms. The molecule has 47 heavy (non-hydrogen) atoms. The van der Waals surface area contributed by atoms with Crippen LogP contribution in [0.25, 0.3) is 0 Å². The molecule has 260 valence electrons. The van der Waals surface area contributed by atoms with Gasteiger partial charge in [-0.3, -0.25) is 4.79 Å². The van der Waals surface area contributed by atoms with Crippen LogP contribution in [0.4, 0.5) is 0 Å². The Hall–Kier alpha value is -2.15. The van der Waals surface area contributed by atoms with E-state index in [9.17, 15) is 24.6 Å². The number of fused-ring (bicyclic) bond motifs is 2. The average Bonchev–Trinajstić information content (AvgIpc) is 3.88. The zero-order valence-electron chi connectivity index (χ0n) is 28.4. The van der Waals surface area contributed by atoms with Gasteiger partial charge in [-0.15, -0.1) is 0 Å². The molecule has 0 aromatic rings. The minimum absolute atomic E-state index is 0.00766. The van der Waals surface area contributed by atoms with E-state index in [4.69, 9.17) is 28.4 Å². The molecule has 0 aromatic heterocycles. The Kier molecular flexibility index (Phi) is 8.13. The predicted molar refractivity (Wildman–Crippen MR) is 166 cm³/mol. The van der Waals surface area contributed by atoms with E-state index in [-0.39, 0.29) is 54.7 Å². The summed E-state index contributed by atoms with van der Waals surface area (Å²) in [5.74, 6) is -1.23. The molecule has 11 heteroatoms. The number of rotatable bonds is 11. The van der Waals surface area contributed by atoms with Crippen LogP contribution in [0, 0.1) is 45.8 Å². The standard InChI is InChI=1S/C36H50O11/c1-16(2)24-11-21-12-34(14-37)23-9-8-17(3)22(23)13-35(21,36(24,34)33(40)41)15-43-27-19(5)45-32(42-7)30(26(27)38)47-31(39)18(4)10-25-29(46-25)28-20(6)44-28/h10-11,14,16-17,19-23,25-30,32,38H,8-9,12-13,15H2,1-7H3,(H,40,41). The molecular weight excluding hydrogens is 608 g/mol. The third kappa shape index (κ3) is 4.55. The van der Waals surface area contributed by atoms with Gasteiger partial charge in [0.1, 0.15) is 42.2 Å². The number of aliphatic carboxylic acids is 1. The Morgan fingerprint density at radius 3 is 2.40 bits per heavy atom. The van der Waals surface area contributed by atoms with Crippen LogP contribution in [0.1, 0.15) is 67.2 Å². The van der Waals surface area contributed by atoms with Gasteiger partial charge in [-0.2, -0.15) is 0 Å². The number of aliphatic hydroxyl groups excluding tert-OH is 1. The van der Waals surface area contributed by atoms with Crippen molar-refractivity contribution in [2.45, 2.75) is 122 Å². The minimum atomic E-state index is -1.40. The van der Waals surface area contributed by atoms with E-state index >= 15 is 0 Å². The topological polar surface area (TPSA) is 154 Å². The highest BCUT2D eigenvalue weighted by molar-refractivity contribution is 5.90. The van der Waals surface area contributed by atoms with Gasteiger partial charge in [-0.1, -0.05) is 38.8 Å². The second-order valence-electron chi connectivity index (χ2n) is 15.8. The molecule has 0 radical (unpaired) electrons. The van der Waals surface area contributed by atoms with Gasteiger partial charge in [0.2, 0.25) is 0 Å². The summed E-state index contributed by atoms with van der Waals surface area (Å²) in [4.78, 5) is 40.3. The summed E-state index contributed by atoms with van der Waals surface area (Å²) in [5, 5.41) is 23.0. The zero-order chi connectivity index (χ0) is 33.8. The summed E-state index contributed by atoms with van der Waals surface area (Å²) in [6, 6.07) is 0. The summed E-state index contributed by atoms with van der Waals surface area (Å²) in [6.07, 6.45) is 2.46. The van der Waals surface area contributed by atoms with Gasteiger partial charge in [0.15, 0.2) is 12.4 Å². The zero-order valence-corrected chi connectivity index (χ0v) is 28.4. The lowest BCUT2D eigenvalue weighted by atomic mass is 9.43. The number of carboxylic acids is 1. The number of carbonyl (C=O) groups excluding carboxylic acids is 2. The number of allylic oxidation sites excluding steroid dienone is 1. The van der Waals surface area contributed by atoms with Crippen LogP contribution in [0.15, 0.2) is 23.3 Å². The largest absolute Gasteiger partial charge is 0.481 e. The maximum atomic E-state index is 13.8. The molecule has 4 bridgehead atoms. The minimum Gasteiger partial charge on any atom is -0.481 e. The van der Waals surface area contributed by atoms with Crippen LogP contribution in [0.5, 0.6) is 0 Å². The lowest BCUT2D eigenvalue weighted by Gasteiger charge is -2.58. The molecule has 3 saturated carbocycles. The van der Waals surface area contributed by atoms with Crippen LogP contribution in [-0.2, 0) is 42.8 Å². The van der Waals surface area contributed by atoms with E-state index < -0.39 is 58.9 Å². The second-order valence-corrected chi connectivity index (χ2v) is 15.8. The quantitative estimate of drug-likeness (QED) is 0.110. The van der Waals surface area contributed by atoms with Crippen molar-refractivity contribution in [1.82, 2.24) is 0 Å². The van der Waals surface area contributed by atoms with E-state index in [0.717, 1.165) is 24.7 Å². The predicted octanol–water partition coefficient (Wildman–Crippen LogP) is 3.46. The van der Waals surface area contributed by atoms with Gasteiger partial charge in [-0.05, 0) is 75.7 Å². The first-order valence-electron chi connectivity index (χ1n) is 17.4. The molecule has 2 N–H and O–H groups in total. The summed E-state index contributed by atoms with van der Waals surface area (Å²) in [7, 11) is 1.42. The number of ether oxygens (including phenoxy) is 6. The van der Waals surface area contributed by atoms with Crippen molar-refractivity contribution in [2.75, 3.05) is 13.7 Å². The Bertz CT molecular complexity index is 1370. The third-order valence-corrected chi connectivity index (χ3v) is 13.3. The molecule has 6 fully saturated rings. The van der Waals surface area contributed by atoms with Crippen molar-refractivity contribution in [2.24, 2.45) is 45.8 Å². The molecule has 7 aliphatic rings. The monoisotopic (exact) mass is 658 g/mol. The normalized spacial score (nSPS) is 51.0. The van der Waals surface area contributed by atoms with Gasteiger partial charge in [0, 0.05) is 18.1 Å². The molecular formula is C36H50O11. The van der Waals surface area contributed by atoms with Crippen LogP contribution < -0.4 is 0 Å². The number of hydrogen-bond donors (Lipinski definition) is 2. The third-order valence-electron chi connectivity index (χ3n) is 13.3.